The Bertz CT molecular complexity index is 859. The third-order valence-electron chi connectivity index (χ3n) is 4.33. The molecule has 6 heteroatoms. The van der Waals surface area contributed by atoms with E-state index in [-0.39, 0.29) is 17.9 Å². The van der Waals surface area contributed by atoms with Crippen molar-refractivity contribution in [2.75, 3.05) is 13.2 Å². The molecule has 1 aliphatic rings. The van der Waals surface area contributed by atoms with E-state index in [1.54, 1.807) is 55.5 Å². The van der Waals surface area contributed by atoms with Crippen molar-refractivity contribution in [3.05, 3.63) is 59.7 Å². The highest BCUT2D eigenvalue weighted by Gasteiger charge is 2.36. The molecule has 27 heavy (non-hydrogen) atoms. The number of rotatable bonds is 6. The van der Waals surface area contributed by atoms with Crippen molar-refractivity contribution in [2.24, 2.45) is 0 Å². The van der Waals surface area contributed by atoms with Gasteiger partial charge in [-0.05, 0) is 49.7 Å². The minimum absolute atomic E-state index is 0.279. The normalized spacial score (nSPS) is 16.4. The summed E-state index contributed by atoms with van der Waals surface area (Å²) in [6.07, 6.45) is -0.403. The van der Waals surface area contributed by atoms with Gasteiger partial charge in [-0.15, -0.1) is 0 Å². The fourth-order valence-electron chi connectivity index (χ4n) is 2.92. The van der Waals surface area contributed by atoms with Crippen LogP contribution in [-0.2, 0) is 4.79 Å². The number of benzene rings is 2. The highest BCUT2D eigenvalue weighted by Crippen LogP contribution is 2.26. The van der Waals surface area contributed by atoms with E-state index in [0.29, 0.717) is 30.1 Å². The average molecular weight is 367 g/mol. The molecule has 0 bridgehead atoms. The van der Waals surface area contributed by atoms with Crippen molar-refractivity contribution in [3.63, 3.8) is 0 Å². The summed E-state index contributed by atoms with van der Waals surface area (Å²) in [6.45, 7) is 3.87. The summed E-state index contributed by atoms with van der Waals surface area (Å²) in [6, 6.07) is 13.3. The Morgan fingerprint density at radius 1 is 1.07 bits per heavy atom. The van der Waals surface area contributed by atoms with E-state index in [2.05, 4.69) is 0 Å². The topological polar surface area (TPSA) is 72.9 Å². The van der Waals surface area contributed by atoms with Gasteiger partial charge in [0.15, 0.2) is 11.9 Å². The maximum Gasteiger partial charge on any atom is 0.270 e. The van der Waals surface area contributed by atoms with E-state index in [9.17, 15) is 14.4 Å². The van der Waals surface area contributed by atoms with Gasteiger partial charge in [0.25, 0.3) is 11.8 Å². The molecule has 0 saturated carbocycles. The second-order valence-corrected chi connectivity index (χ2v) is 6.12. The van der Waals surface area contributed by atoms with Crippen molar-refractivity contribution >= 4 is 17.6 Å². The number of amides is 2. The number of hydrogen-bond acceptors (Lipinski definition) is 5. The van der Waals surface area contributed by atoms with E-state index >= 15 is 0 Å². The number of imide groups is 1. The molecule has 3 rings (SSSR count). The second kappa shape index (κ2) is 8.03. The standard InChI is InChI=1S/C21H21NO5/c1-3-18-21(25)22(20(24)16-7-5-6-8-19(16)27-18)13-17(23)14-9-11-15(12-10-14)26-4-2/h5-12,18H,3-4,13H2,1-2H3. The SMILES string of the molecule is CCOc1ccc(C(=O)CN2C(=O)c3ccccc3OC(CC)C2=O)cc1. The molecule has 2 aromatic carbocycles. The monoisotopic (exact) mass is 367 g/mol. The zero-order valence-electron chi connectivity index (χ0n) is 15.3. The van der Waals surface area contributed by atoms with Crippen LogP contribution in [0.3, 0.4) is 0 Å². The maximum atomic E-state index is 12.9. The van der Waals surface area contributed by atoms with Gasteiger partial charge in [0.1, 0.15) is 11.5 Å². The zero-order chi connectivity index (χ0) is 19.4. The summed E-state index contributed by atoms with van der Waals surface area (Å²) in [5, 5.41) is 0. The second-order valence-electron chi connectivity index (χ2n) is 6.12. The highest BCUT2D eigenvalue weighted by atomic mass is 16.5. The summed E-state index contributed by atoms with van der Waals surface area (Å²) in [5.74, 6) is -0.333. The van der Waals surface area contributed by atoms with Crippen LogP contribution >= 0.6 is 0 Å². The molecule has 6 nitrogen and oxygen atoms in total. The van der Waals surface area contributed by atoms with E-state index in [1.165, 1.54) is 0 Å². The number of hydrogen-bond donors (Lipinski definition) is 0. The number of ether oxygens (including phenoxy) is 2. The van der Waals surface area contributed by atoms with Gasteiger partial charge in [0.2, 0.25) is 0 Å². The summed E-state index contributed by atoms with van der Waals surface area (Å²) in [4.78, 5) is 39.3. The average Bonchev–Trinajstić information content (AvgIpc) is 2.79. The molecule has 0 aromatic heterocycles. The smallest absolute Gasteiger partial charge is 0.270 e. The molecule has 2 amide bonds. The minimum Gasteiger partial charge on any atom is -0.494 e. The predicted octanol–water partition coefficient (Wildman–Crippen LogP) is 3.11. The van der Waals surface area contributed by atoms with Crippen LogP contribution in [-0.4, -0.2) is 41.8 Å². The lowest BCUT2D eigenvalue weighted by Crippen LogP contribution is -2.45. The van der Waals surface area contributed by atoms with Crippen molar-refractivity contribution in [2.45, 2.75) is 26.4 Å². The summed E-state index contributed by atoms with van der Waals surface area (Å²) >= 11 is 0. The van der Waals surface area contributed by atoms with Gasteiger partial charge in [-0.2, -0.15) is 0 Å². The van der Waals surface area contributed by atoms with Crippen LogP contribution in [0.5, 0.6) is 11.5 Å². The van der Waals surface area contributed by atoms with Gasteiger partial charge in [-0.3, -0.25) is 19.3 Å². The van der Waals surface area contributed by atoms with Gasteiger partial charge >= 0.3 is 0 Å². The summed E-state index contributed by atoms with van der Waals surface area (Å²) in [7, 11) is 0. The van der Waals surface area contributed by atoms with Gasteiger partial charge in [0, 0.05) is 5.56 Å². The molecule has 0 N–H and O–H groups in total. The number of carbonyl (C=O) groups is 3. The maximum absolute atomic E-state index is 12.9. The highest BCUT2D eigenvalue weighted by molar-refractivity contribution is 6.12. The molecule has 1 unspecified atom stereocenters. The Morgan fingerprint density at radius 3 is 2.44 bits per heavy atom. The van der Waals surface area contributed by atoms with E-state index in [0.717, 1.165) is 4.90 Å². The number of Topliss-reactive ketones (excluding diaryl/α,β-unsaturated/α-hetero) is 1. The van der Waals surface area contributed by atoms with Crippen LogP contribution in [0.25, 0.3) is 0 Å². The zero-order valence-corrected chi connectivity index (χ0v) is 15.3. The molecule has 1 atom stereocenters. The largest absolute Gasteiger partial charge is 0.494 e. The van der Waals surface area contributed by atoms with Crippen molar-refractivity contribution < 1.29 is 23.9 Å². The third-order valence-corrected chi connectivity index (χ3v) is 4.33. The number of fused-ring (bicyclic) bond motifs is 1. The third kappa shape index (κ3) is 3.84. The molecule has 0 saturated heterocycles. The van der Waals surface area contributed by atoms with Gasteiger partial charge in [-0.25, -0.2) is 0 Å². The van der Waals surface area contributed by atoms with E-state index < -0.39 is 17.9 Å². The lowest BCUT2D eigenvalue weighted by molar-refractivity contribution is -0.135. The lowest BCUT2D eigenvalue weighted by atomic mass is 10.1. The molecule has 0 fully saturated rings. The lowest BCUT2D eigenvalue weighted by Gasteiger charge is -2.21. The number of carbonyl (C=O) groups excluding carboxylic acids is 3. The first-order chi connectivity index (χ1) is 13.0. The molecular formula is C21H21NO5. The molecule has 0 aliphatic carbocycles. The van der Waals surface area contributed by atoms with Crippen LogP contribution in [0, 0.1) is 0 Å². The predicted molar refractivity (Wildman–Crippen MR) is 99.1 cm³/mol. The van der Waals surface area contributed by atoms with Crippen LogP contribution in [0.15, 0.2) is 48.5 Å². The van der Waals surface area contributed by atoms with Crippen LogP contribution in [0.1, 0.15) is 41.0 Å². The molecule has 140 valence electrons. The Labute approximate surface area is 157 Å². The number of nitrogens with zero attached hydrogens (tertiary/aromatic N) is 1. The molecule has 0 radical (unpaired) electrons. The van der Waals surface area contributed by atoms with Crippen LogP contribution < -0.4 is 9.47 Å². The first kappa shape index (κ1) is 18.6. The summed E-state index contributed by atoms with van der Waals surface area (Å²) in [5.41, 5.74) is 0.687. The van der Waals surface area contributed by atoms with Crippen molar-refractivity contribution in [3.8, 4) is 11.5 Å². The molecular weight excluding hydrogens is 346 g/mol. The van der Waals surface area contributed by atoms with Gasteiger partial charge < -0.3 is 9.47 Å². The Morgan fingerprint density at radius 2 is 1.78 bits per heavy atom. The summed E-state index contributed by atoms with van der Waals surface area (Å²) < 4.78 is 11.1. The Kier molecular flexibility index (Phi) is 5.54. The van der Waals surface area contributed by atoms with Crippen molar-refractivity contribution in [1.29, 1.82) is 0 Å². The molecule has 2 aromatic rings. The fourth-order valence-corrected chi connectivity index (χ4v) is 2.92. The minimum atomic E-state index is -0.800. The van der Waals surface area contributed by atoms with Crippen LogP contribution in [0.2, 0.25) is 0 Å². The molecule has 1 heterocycles. The number of para-hydroxylation sites is 1. The Balaban J connectivity index is 1.86. The number of ketones is 1. The first-order valence-electron chi connectivity index (χ1n) is 8.92. The Hall–Kier alpha value is -3.15. The first-order valence-corrected chi connectivity index (χ1v) is 8.92. The van der Waals surface area contributed by atoms with E-state index in [1.807, 2.05) is 6.92 Å². The van der Waals surface area contributed by atoms with Gasteiger partial charge in [-0.1, -0.05) is 19.1 Å². The van der Waals surface area contributed by atoms with E-state index in [4.69, 9.17) is 9.47 Å². The van der Waals surface area contributed by atoms with Crippen LogP contribution in [0.4, 0.5) is 0 Å². The fraction of sp³-hybridized carbons (Fsp3) is 0.286. The molecule has 0 spiro atoms. The molecule has 1 aliphatic heterocycles. The quantitative estimate of drug-likeness (QED) is 0.579. The van der Waals surface area contributed by atoms with Crippen molar-refractivity contribution in [1.82, 2.24) is 4.90 Å². The van der Waals surface area contributed by atoms with Gasteiger partial charge in [0.05, 0.1) is 18.7 Å².